The first kappa shape index (κ1) is 30.0. The summed E-state index contributed by atoms with van der Waals surface area (Å²) in [5.41, 5.74) is 7.17. The predicted molar refractivity (Wildman–Crippen MR) is 165 cm³/mol. The van der Waals surface area contributed by atoms with Crippen LogP contribution in [-0.4, -0.2) is 58.5 Å². The molecule has 2 fully saturated rings. The summed E-state index contributed by atoms with van der Waals surface area (Å²) in [5, 5.41) is 4.20. The number of carbonyl (C=O) groups excluding carboxylic acids is 1. The molecule has 1 spiro atoms. The number of pyridine rings is 1. The van der Waals surface area contributed by atoms with Gasteiger partial charge in [-0.15, -0.1) is 0 Å². The average Bonchev–Trinajstić information content (AvgIpc) is 3.24. The summed E-state index contributed by atoms with van der Waals surface area (Å²) in [7, 11) is 0. The highest BCUT2D eigenvalue weighted by atomic mass is 35.5. The number of hydrogen-bond donors (Lipinski definition) is 2. The highest BCUT2D eigenvalue weighted by molar-refractivity contribution is 7.99. The molecule has 1 amide bonds. The van der Waals surface area contributed by atoms with Crippen LogP contribution in [0.25, 0.3) is 0 Å². The third-order valence-corrected chi connectivity index (χ3v) is 9.03. The summed E-state index contributed by atoms with van der Waals surface area (Å²) >= 11 is 8.05. The summed E-state index contributed by atoms with van der Waals surface area (Å²) in [6.07, 6.45) is 6.33. The molecule has 0 saturated carbocycles. The lowest BCUT2D eigenvalue weighted by molar-refractivity contribution is 0.0434. The van der Waals surface area contributed by atoms with Crippen LogP contribution in [0.2, 0.25) is 5.02 Å². The van der Waals surface area contributed by atoms with E-state index in [0.717, 1.165) is 42.2 Å². The lowest BCUT2D eigenvalue weighted by atomic mass is 9.73. The van der Waals surface area contributed by atoms with Crippen LogP contribution in [0.4, 0.5) is 16.4 Å². The standard InChI is InChI=1S/C31H35ClN6O3S/c1-20-26(37-29(39)41-30(2,3)4)31(19-40-20)12-15-38(16-13-31)24-18-35-28(27(33)36-24)42-23-9-5-8-22(25(23)32)11-10-21-7-6-14-34-17-21/h5-9,14,17-18,20,26H,12-13,15-16,19H2,1-4H3,(H2,33,36)(H,37,39)/t20-,26+/m0/s1. The van der Waals surface area contributed by atoms with Gasteiger partial charge in [-0.2, -0.15) is 0 Å². The Kier molecular flexibility index (Phi) is 8.83. The van der Waals surface area contributed by atoms with E-state index < -0.39 is 11.7 Å². The lowest BCUT2D eigenvalue weighted by Gasteiger charge is -2.43. The number of anilines is 2. The van der Waals surface area contributed by atoms with Crippen LogP contribution in [0.3, 0.4) is 0 Å². The van der Waals surface area contributed by atoms with Crippen molar-refractivity contribution in [1.29, 1.82) is 0 Å². The second-order valence-corrected chi connectivity index (χ2v) is 13.0. The zero-order valence-electron chi connectivity index (χ0n) is 24.2. The van der Waals surface area contributed by atoms with E-state index in [1.165, 1.54) is 11.8 Å². The molecule has 5 rings (SSSR count). The predicted octanol–water partition coefficient (Wildman–Crippen LogP) is 5.56. The van der Waals surface area contributed by atoms with Crippen molar-refractivity contribution in [3.05, 3.63) is 65.1 Å². The molecule has 9 nitrogen and oxygen atoms in total. The molecule has 3 aromatic rings. The van der Waals surface area contributed by atoms with Crippen LogP contribution in [-0.2, 0) is 9.47 Å². The smallest absolute Gasteiger partial charge is 0.407 e. The zero-order valence-corrected chi connectivity index (χ0v) is 25.8. The van der Waals surface area contributed by atoms with Crippen molar-refractivity contribution >= 4 is 41.1 Å². The van der Waals surface area contributed by atoms with Crippen LogP contribution in [0.15, 0.2) is 58.8 Å². The van der Waals surface area contributed by atoms with Gasteiger partial charge in [0.2, 0.25) is 0 Å². The zero-order chi connectivity index (χ0) is 29.9. The maximum Gasteiger partial charge on any atom is 0.407 e. The van der Waals surface area contributed by atoms with Gasteiger partial charge < -0.3 is 25.4 Å². The highest BCUT2D eigenvalue weighted by Gasteiger charge is 2.50. The summed E-state index contributed by atoms with van der Waals surface area (Å²) in [6, 6.07) is 9.30. The number of hydrogen-bond acceptors (Lipinski definition) is 9. The number of halogens is 1. The normalized spacial score (nSPS) is 19.7. The minimum atomic E-state index is -0.561. The second kappa shape index (κ2) is 12.4. The molecule has 11 heteroatoms. The maximum atomic E-state index is 12.6. The fourth-order valence-corrected chi connectivity index (χ4v) is 6.40. The number of amides is 1. The van der Waals surface area contributed by atoms with Gasteiger partial charge in [0.25, 0.3) is 0 Å². The Morgan fingerprint density at radius 1 is 1.21 bits per heavy atom. The van der Waals surface area contributed by atoms with E-state index in [0.29, 0.717) is 28.0 Å². The fraction of sp³-hybridized carbons (Fsp3) is 0.419. The number of aromatic nitrogens is 3. The molecule has 220 valence electrons. The van der Waals surface area contributed by atoms with E-state index in [1.807, 2.05) is 58.0 Å². The largest absolute Gasteiger partial charge is 0.444 e. The Bertz CT molecular complexity index is 1500. The van der Waals surface area contributed by atoms with Gasteiger partial charge in [0.1, 0.15) is 16.4 Å². The number of nitrogens with two attached hydrogens (primary N) is 1. The number of nitrogen functional groups attached to an aromatic ring is 1. The van der Waals surface area contributed by atoms with Crippen LogP contribution < -0.4 is 16.0 Å². The van der Waals surface area contributed by atoms with Crippen LogP contribution in [0, 0.1) is 17.3 Å². The van der Waals surface area contributed by atoms with Crippen molar-refractivity contribution in [2.45, 2.75) is 68.2 Å². The molecule has 42 heavy (non-hydrogen) atoms. The number of nitrogens with zero attached hydrogens (tertiary/aromatic N) is 4. The van der Waals surface area contributed by atoms with Crippen LogP contribution in [0.1, 0.15) is 51.7 Å². The third kappa shape index (κ3) is 6.92. The number of ether oxygens (including phenoxy) is 2. The monoisotopic (exact) mass is 606 g/mol. The molecule has 0 unspecified atom stereocenters. The summed E-state index contributed by atoms with van der Waals surface area (Å²) in [6.45, 7) is 9.66. The van der Waals surface area contributed by atoms with Crippen molar-refractivity contribution in [2.75, 3.05) is 30.3 Å². The molecule has 0 aliphatic carbocycles. The van der Waals surface area contributed by atoms with Crippen molar-refractivity contribution < 1.29 is 14.3 Å². The number of rotatable bonds is 4. The molecular weight excluding hydrogens is 572 g/mol. The molecule has 2 atom stereocenters. The molecule has 4 heterocycles. The summed E-state index contributed by atoms with van der Waals surface area (Å²) in [4.78, 5) is 28.9. The van der Waals surface area contributed by atoms with Gasteiger partial charge in [0.15, 0.2) is 5.82 Å². The number of nitrogens with one attached hydrogen (secondary N) is 1. The number of alkyl carbamates (subject to hydrolysis) is 1. The van der Waals surface area contributed by atoms with Gasteiger partial charge in [-0.05, 0) is 64.8 Å². The molecule has 0 radical (unpaired) electrons. The van der Waals surface area contributed by atoms with Gasteiger partial charge in [0.05, 0.1) is 30.0 Å². The van der Waals surface area contributed by atoms with Gasteiger partial charge in [-0.25, -0.2) is 14.8 Å². The lowest BCUT2D eigenvalue weighted by Crippen LogP contribution is -2.55. The highest BCUT2D eigenvalue weighted by Crippen LogP contribution is 2.43. The van der Waals surface area contributed by atoms with Gasteiger partial charge in [-0.1, -0.05) is 41.3 Å². The van der Waals surface area contributed by atoms with E-state index in [-0.39, 0.29) is 17.6 Å². The van der Waals surface area contributed by atoms with Crippen molar-refractivity contribution in [3.63, 3.8) is 0 Å². The van der Waals surface area contributed by atoms with E-state index in [2.05, 4.69) is 37.0 Å². The van der Waals surface area contributed by atoms with Gasteiger partial charge in [0, 0.05) is 46.9 Å². The van der Waals surface area contributed by atoms with Crippen molar-refractivity contribution in [1.82, 2.24) is 20.3 Å². The fourth-order valence-electron chi connectivity index (χ4n) is 5.30. The molecule has 1 aromatic carbocycles. The molecule has 2 aromatic heterocycles. The van der Waals surface area contributed by atoms with Gasteiger partial charge in [-0.3, -0.25) is 4.98 Å². The number of benzene rings is 1. The summed E-state index contributed by atoms with van der Waals surface area (Å²) < 4.78 is 11.5. The van der Waals surface area contributed by atoms with E-state index in [4.69, 9.17) is 26.8 Å². The van der Waals surface area contributed by atoms with E-state index in [1.54, 1.807) is 18.6 Å². The minimum Gasteiger partial charge on any atom is -0.444 e. The molecule has 3 N–H and O–H groups in total. The Morgan fingerprint density at radius 3 is 2.69 bits per heavy atom. The average molecular weight is 607 g/mol. The van der Waals surface area contributed by atoms with Crippen LogP contribution >= 0.6 is 23.4 Å². The third-order valence-electron chi connectivity index (χ3n) is 7.44. The maximum absolute atomic E-state index is 12.6. The second-order valence-electron chi connectivity index (χ2n) is 11.6. The SMILES string of the molecule is C[C@@H]1OCC2(CCN(c3cnc(Sc4cccc(C#Cc5cccnc5)c4Cl)c(N)n3)CC2)[C@@H]1NC(=O)OC(C)(C)C. The first-order chi connectivity index (χ1) is 20.0. The van der Waals surface area contributed by atoms with Crippen molar-refractivity contribution in [3.8, 4) is 11.8 Å². The van der Waals surface area contributed by atoms with E-state index in [9.17, 15) is 4.79 Å². The summed E-state index contributed by atoms with van der Waals surface area (Å²) in [5.74, 6) is 7.27. The first-order valence-corrected chi connectivity index (χ1v) is 15.1. The van der Waals surface area contributed by atoms with Crippen molar-refractivity contribution in [2.24, 2.45) is 5.41 Å². The molecule has 2 aliphatic heterocycles. The number of piperidine rings is 1. The molecule has 2 aliphatic rings. The molecular formula is C31H35ClN6O3S. The first-order valence-electron chi connectivity index (χ1n) is 13.9. The van der Waals surface area contributed by atoms with E-state index >= 15 is 0 Å². The Morgan fingerprint density at radius 2 is 2.00 bits per heavy atom. The quantitative estimate of drug-likeness (QED) is 0.368. The Balaban J connectivity index is 1.24. The van der Waals surface area contributed by atoms with Crippen LogP contribution in [0.5, 0.6) is 0 Å². The topological polar surface area (TPSA) is 115 Å². The Labute approximate surface area is 255 Å². The number of carbonyl (C=O) groups is 1. The minimum absolute atomic E-state index is 0.0949. The van der Waals surface area contributed by atoms with Gasteiger partial charge >= 0.3 is 6.09 Å². The molecule has 2 saturated heterocycles. The Hall–Kier alpha value is -3.52. The molecule has 0 bridgehead atoms.